The Morgan fingerprint density at radius 1 is 1.50 bits per heavy atom. The summed E-state index contributed by atoms with van der Waals surface area (Å²) in [6, 6.07) is 3.25. The zero-order chi connectivity index (χ0) is 12.5. The predicted molar refractivity (Wildman–Crippen MR) is 61.8 cm³/mol. The molecule has 94 valence electrons. The van der Waals surface area contributed by atoms with Gasteiger partial charge in [-0.1, -0.05) is 0 Å². The maximum Gasteiger partial charge on any atom is 0.236 e. The van der Waals surface area contributed by atoms with E-state index in [2.05, 4.69) is 25.9 Å². The van der Waals surface area contributed by atoms with Crippen molar-refractivity contribution in [1.82, 2.24) is 30.6 Å². The Hall–Kier alpha value is -2.29. The van der Waals surface area contributed by atoms with Gasteiger partial charge in [0.15, 0.2) is 11.5 Å². The molecule has 3 heterocycles. The van der Waals surface area contributed by atoms with Gasteiger partial charge in [-0.2, -0.15) is 0 Å². The first kappa shape index (κ1) is 10.8. The summed E-state index contributed by atoms with van der Waals surface area (Å²) in [6.07, 6.45) is 0. The van der Waals surface area contributed by atoms with Crippen molar-refractivity contribution >= 4 is 17.4 Å². The van der Waals surface area contributed by atoms with Crippen LogP contribution in [0.25, 0.3) is 5.65 Å². The van der Waals surface area contributed by atoms with E-state index >= 15 is 0 Å². The zero-order valence-electron chi connectivity index (χ0n) is 9.52. The van der Waals surface area contributed by atoms with E-state index in [4.69, 9.17) is 5.73 Å². The van der Waals surface area contributed by atoms with E-state index in [1.165, 1.54) is 4.63 Å². The van der Waals surface area contributed by atoms with E-state index < -0.39 is 0 Å². The standard InChI is InChI=1S/C9H12N8O/c10-9(18)6-5-16(4-3-11-6)8-2-1-7-12-14-15-17(7)13-8/h1-2,6,11H,3-5H2,(H2,10,18)/t6-/m1/s1. The summed E-state index contributed by atoms with van der Waals surface area (Å²) >= 11 is 0. The maximum atomic E-state index is 11.2. The molecular weight excluding hydrogens is 236 g/mol. The molecule has 1 atom stereocenters. The molecule has 0 aliphatic carbocycles. The summed E-state index contributed by atoms with van der Waals surface area (Å²) in [5.41, 5.74) is 5.88. The van der Waals surface area contributed by atoms with E-state index in [1.54, 1.807) is 6.07 Å². The minimum atomic E-state index is -0.358. The monoisotopic (exact) mass is 248 g/mol. The number of piperazine rings is 1. The Morgan fingerprint density at radius 3 is 3.22 bits per heavy atom. The molecule has 0 aromatic carbocycles. The van der Waals surface area contributed by atoms with Crippen molar-refractivity contribution in [2.24, 2.45) is 5.73 Å². The number of fused-ring (bicyclic) bond motifs is 1. The number of nitrogens with zero attached hydrogens (tertiary/aromatic N) is 6. The maximum absolute atomic E-state index is 11.2. The lowest BCUT2D eigenvalue weighted by atomic mass is 10.2. The summed E-state index contributed by atoms with van der Waals surface area (Å²) in [5.74, 6) is 0.366. The number of rotatable bonds is 2. The second kappa shape index (κ2) is 4.18. The first-order valence-corrected chi connectivity index (χ1v) is 5.57. The van der Waals surface area contributed by atoms with Crippen LogP contribution in [0.2, 0.25) is 0 Å². The molecule has 0 bridgehead atoms. The number of amides is 1. The average molecular weight is 248 g/mol. The van der Waals surface area contributed by atoms with Gasteiger partial charge >= 0.3 is 0 Å². The van der Waals surface area contributed by atoms with Gasteiger partial charge in [0, 0.05) is 19.6 Å². The Kier molecular flexibility index (Phi) is 2.52. The second-order valence-electron chi connectivity index (χ2n) is 4.07. The summed E-state index contributed by atoms with van der Waals surface area (Å²) in [5, 5.41) is 18.4. The minimum absolute atomic E-state index is 0.356. The molecule has 2 aromatic heterocycles. The molecule has 9 nitrogen and oxygen atoms in total. The third-order valence-corrected chi connectivity index (χ3v) is 2.90. The number of carbonyl (C=O) groups excluding carboxylic acids is 1. The molecule has 2 aromatic rings. The highest BCUT2D eigenvalue weighted by atomic mass is 16.1. The molecule has 1 amide bonds. The van der Waals surface area contributed by atoms with Crippen LogP contribution < -0.4 is 16.0 Å². The van der Waals surface area contributed by atoms with Crippen LogP contribution in [0.15, 0.2) is 12.1 Å². The fourth-order valence-corrected chi connectivity index (χ4v) is 1.96. The van der Waals surface area contributed by atoms with Crippen molar-refractivity contribution in [3.8, 4) is 0 Å². The van der Waals surface area contributed by atoms with Gasteiger partial charge < -0.3 is 16.0 Å². The first-order chi connectivity index (χ1) is 8.74. The molecule has 1 saturated heterocycles. The molecule has 9 heteroatoms. The normalized spacial score (nSPS) is 20.2. The Labute approximate surface area is 102 Å². The Morgan fingerprint density at radius 2 is 2.39 bits per heavy atom. The van der Waals surface area contributed by atoms with Crippen molar-refractivity contribution in [3.63, 3.8) is 0 Å². The SMILES string of the molecule is NC(=O)[C@H]1CN(c2ccc3nnnn3n2)CCN1. The molecule has 1 aliphatic heterocycles. The van der Waals surface area contributed by atoms with E-state index in [9.17, 15) is 4.79 Å². The highest BCUT2D eigenvalue weighted by molar-refractivity contribution is 5.80. The number of carbonyl (C=O) groups is 1. The van der Waals surface area contributed by atoms with Crippen LogP contribution in [0.5, 0.6) is 0 Å². The van der Waals surface area contributed by atoms with Gasteiger partial charge in [0.1, 0.15) is 6.04 Å². The zero-order valence-corrected chi connectivity index (χ0v) is 9.52. The lowest BCUT2D eigenvalue weighted by Gasteiger charge is -2.32. The third-order valence-electron chi connectivity index (χ3n) is 2.90. The summed E-state index contributed by atoms with van der Waals surface area (Å²) < 4.78 is 1.36. The summed E-state index contributed by atoms with van der Waals surface area (Å²) in [6.45, 7) is 1.93. The lowest BCUT2D eigenvalue weighted by Crippen LogP contribution is -2.56. The van der Waals surface area contributed by atoms with E-state index in [0.717, 1.165) is 12.4 Å². The van der Waals surface area contributed by atoms with Gasteiger partial charge in [0.05, 0.1) is 0 Å². The molecule has 0 spiro atoms. The van der Waals surface area contributed by atoms with Crippen LogP contribution in [-0.2, 0) is 4.79 Å². The Bertz CT molecular complexity index is 581. The lowest BCUT2D eigenvalue weighted by molar-refractivity contribution is -0.120. The first-order valence-electron chi connectivity index (χ1n) is 5.57. The van der Waals surface area contributed by atoms with Gasteiger partial charge in [-0.25, -0.2) is 0 Å². The van der Waals surface area contributed by atoms with E-state index in [-0.39, 0.29) is 11.9 Å². The van der Waals surface area contributed by atoms with Crippen LogP contribution in [0, 0.1) is 0 Å². The number of anilines is 1. The number of nitrogens with one attached hydrogen (secondary N) is 1. The van der Waals surface area contributed by atoms with Gasteiger partial charge in [0.25, 0.3) is 0 Å². The molecule has 18 heavy (non-hydrogen) atoms. The van der Waals surface area contributed by atoms with Crippen molar-refractivity contribution in [3.05, 3.63) is 12.1 Å². The van der Waals surface area contributed by atoms with Crippen molar-refractivity contribution < 1.29 is 4.79 Å². The topological polar surface area (TPSA) is 114 Å². The quantitative estimate of drug-likeness (QED) is 0.618. The largest absolute Gasteiger partial charge is 0.368 e. The van der Waals surface area contributed by atoms with Gasteiger partial charge in [-0.15, -0.1) is 14.8 Å². The molecule has 1 aliphatic rings. The number of primary amides is 1. The van der Waals surface area contributed by atoms with Crippen LogP contribution in [0.1, 0.15) is 0 Å². The van der Waals surface area contributed by atoms with Crippen LogP contribution >= 0.6 is 0 Å². The third kappa shape index (κ3) is 1.84. The van der Waals surface area contributed by atoms with Crippen LogP contribution in [0.3, 0.4) is 0 Å². The molecular formula is C9H12N8O. The molecule has 0 saturated carbocycles. The highest BCUT2D eigenvalue weighted by Gasteiger charge is 2.24. The smallest absolute Gasteiger partial charge is 0.236 e. The molecule has 0 unspecified atom stereocenters. The van der Waals surface area contributed by atoms with Crippen LogP contribution in [0.4, 0.5) is 5.82 Å². The second-order valence-corrected chi connectivity index (χ2v) is 4.07. The van der Waals surface area contributed by atoms with Gasteiger partial charge in [0.2, 0.25) is 5.91 Å². The van der Waals surface area contributed by atoms with Crippen LogP contribution in [-0.4, -0.2) is 56.8 Å². The average Bonchev–Trinajstić information content (AvgIpc) is 2.86. The number of tetrazole rings is 1. The van der Waals surface area contributed by atoms with E-state index in [1.807, 2.05) is 11.0 Å². The number of nitrogens with two attached hydrogens (primary N) is 1. The van der Waals surface area contributed by atoms with Crippen molar-refractivity contribution in [2.75, 3.05) is 24.5 Å². The number of aromatic nitrogens is 5. The summed E-state index contributed by atoms with van der Waals surface area (Å²) in [4.78, 5) is 13.2. The predicted octanol–water partition coefficient (Wildman–Crippen LogP) is -2.22. The fourth-order valence-electron chi connectivity index (χ4n) is 1.96. The Balaban J connectivity index is 1.86. The van der Waals surface area contributed by atoms with Crippen molar-refractivity contribution in [1.29, 1.82) is 0 Å². The van der Waals surface area contributed by atoms with E-state index in [0.29, 0.717) is 18.7 Å². The fraction of sp³-hybridized carbons (Fsp3) is 0.444. The molecule has 0 radical (unpaired) electrons. The highest BCUT2D eigenvalue weighted by Crippen LogP contribution is 2.12. The number of hydrogen-bond donors (Lipinski definition) is 2. The summed E-state index contributed by atoms with van der Waals surface area (Å²) in [7, 11) is 0. The molecule has 3 rings (SSSR count). The molecule has 3 N–H and O–H groups in total. The van der Waals surface area contributed by atoms with Gasteiger partial charge in [-0.05, 0) is 22.6 Å². The van der Waals surface area contributed by atoms with Gasteiger partial charge in [-0.3, -0.25) is 4.79 Å². The van der Waals surface area contributed by atoms with Crippen molar-refractivity contribution in [2.45, 2.75) is 6.04 Å². The number of hydrogen-bond acceptors (Lipinski definition) is 7. The molecule has 1 fully saturated rings. The minimum Gasteiger partial charge on any atom is -0.368 e.